The van der Waals surface area contributed by atoms with E-state index in [-0.39, 0.29) is 5.69 Å². The summed E-state index contributed by atoms with van der Waals surface area (Å²) in [4.78, 5) is 25.6. The lowest BCUT2D eigenvalue weighted by molar-refractivity contribution is 0.0690. The number of fused-ring (bicyclic) bond motifs is 1. The van der Waals surface area contributed by atoms with Gasteiger partial charge in [-0.25, -0.2) is 24.7 Å². The SMILES string of the molecule is O=C(O)c1cnc2ncncc2n1. The van der Waals surface area contributed by atoms with Gasteiger partial charge in [0.05, 0.1) is 12.4 Å². The van der Waals surface area contributed by atoms with Crippen molar-refractivity contribution in [2.75, 3.05) is 0 Å². The molecule has 13 heavy (non-hydrogen) atoms. The third kappa shape index (κ3) is 1.28. The van der Waals surface area contributed by atoms with Crippen molar-refractivity contribution in [3.63, 3.8) is 0 Å². The molecule has 0 saturated carbocycles. The second kappa shape index (κ2) is 2.74. The van der Waals surface area contributed by atoms with E-state index < -0.39 is 5.97 Å². The zero-order valence-electron chi connectivity index (χ0n) is 6.38. The summed E-state index contributed by atoms with van der Waals surface area (Å²) in [5.74, 6) is -1.11. The van der Waals surface area contributed by atoms with E-state index in [2.05, 4.69) is 19.9 Å². The second-order valence-electron chi connectivity index (χ2n) is 2.29. The van der Waals surface area contributed by atoms with E-state index in [0.717, 1.165) is 6.20 Å². The molecule has 6 nitrogen and oxygen atoms in total. The van der Waals surface area contributed by atoms with Gasteiger partial charge in [0.1, 0.15) is 11.8 Å². The number of aromatic carboxylic acids is 1. The molecule has 0 atom stereocenters. The van der Waals surface area contributed by atoms with Gasteiger partial charge in [-0.2, -0.15) is 0 Å². The van der Waals surface area contributed by atoms with Gasteiger partial charge in [-0.1, -0.05) is 0 Å². The summed E-state index contributed by atoms with van der Waals surface area (Å²) in [6, 6.07) is 0. The van der Waals surface area contributed by atoms with Gasteiger partial charge >= 0.3 is 5.97 Å². The number of rotatable bonds is 1. The number of carboxylic acids is 1. The van der Waals surface area contributed by atoms with Crippen molar-refractivity contribution in [2.24, 2.45) is 0 Å². The van der Waals surface area contributed by atoms with E-state index in [1.165, 1.54) is 12.5 Å². The molecule has 0 aliphatic carbocycles. The van der Waals surface area contributed by atoms with Crippen LogP contribution >= 0.6 is 0 Å². The number of hydrogen-bond donors (Lipinski definition) is 1. The summed E-state index contributed by atoms with van der Waals surface area (Å²) in [5, 5.41) is 8.60. The zero-order valence-corrected chi connectivity index (χ0v) is 6.38. The summed E-state index contributed by atoms with van der Waals surface area (Å²) in [6.07, 6.45) is 3.91. The third-order valence-corrected chi connectivity index (χ3v) is 1.44. The van der Waals surface area contributed by atoms with E-state index in [1.807, 2.05) is 0 Å². The van der Waals surface area contributed by atoms with Crippen molar-refractivity contribution in [1.82, 2.24) is 19.9 Å². The van der Waals surface area contributed by atoms with E-state index in [4.69, 9.17) is 5.11 Å². The Hall–Kier alpha value is -2.11. The lowest BCUT2D eigenvalue weighted by atomic mass is 10.4. The summed E-state index contributed by atoms with van der Waals surface area (Å²) in [5.41, 5.74) is 0.657. The van der Waals surface area contributed by atoms with Crippen molar-refractivity contribution in [1.29, 1.82) is 0 Å². The lowest BCUT2D eigenvalue weighted by Gasteiger charge is -1.95. The molecular formula is C7H4N4O2. The molecule has 2 heterocycles. The predicted octanol–water partition coefficient (Wildman–Crippen LogP) is 0.118. The van der Waals surface area contributed by atoms with Crippen molar-refractivity contribution in [3.8, 4) is 0 Å². The molecule has 0 aromatic carbocycles. The van der Waals surface area contributed by atoms with Crippen LogP contribution in [0.2, 0.25) is 0 Å². The minimum Gasteiger partial charge on any atom is -0.476 e. The minimum atomic E-state index is -1.11. The number of carboxylic acid groups (broad SMARTS) is 1. The van der Waals surface area contributed by atoms with Crippen LogP contribution in [-0.2, 0) is 0 Å². The van der Waals surface area contributed by atoms with E-state index in [0.29, 0.717) is 11.2 Å². The highest BCUT2D eigenvalue weighted by Crippen LogP contribution is 2.03. The van der Waals surface area contributed by atoms with Crippen LogP contribution in [0.25, 0.3) is 11.2 Å². The Morgan fingerprint density at radius 3 is 2.92 bits per heavy atom. The topological polar surface area (TPSA) is 88.9 Å². The van der Waals surface area contributed by atoms with Crippen LogP contribution in [0.15, 0.2) is 18.7 Å². The average molecular weight is 176 g/mol. The van der Waals surface area contributed by atoms with E-state index in [1.54, 1.807) is 0 Å². The maximum absolute atomic E-state index is 10.5. The van der Waals surface area contributed by atoms with Crippen LogP contribution in [-0.4, -0.2) is 31.0 Å². The van der Waals surface area contributed by atoms with E-state index >= 15 is 0 Å². The Labute approximate surface area is 72.3 Å². The average Bonchev–Trinajstić information content (AvgIpc) is 2.17. The van der Waals surface area contributed by atoms with Crippen molar-refractivity contribution < 1.29 is 9.90 Å². The summed E-state index contributed by atoms with van der Waals surface area (Å²) >= 11 is 0. The highest BCUT2D eigenvalue weighted by molar-refractivity contribution is 5.87. The summed E-state index contributed by atoms with van der Waals surface area (Å²) < 4.78 is 0. The first-order chi connectivity index (χ1) is 6.27. The molecule has 0 radical (unpaired) electrons. The Kier molecular flexibility index (Phi) is 1.59. The first-order valence-corrected chi connectivity index (χ1v) is 3.43. The van der Waals surface area contributed by atoms with Crippen LogP contribution < -0.4 is 0 Å². The van der Waals surface area contributed by atoms with Crippen molar-refractivity contribution in [3.05, 3.63) is 24.4 Å². The van der Waals surface area contributed by atoms with Crippen LogP contribution in [0.3, 0.4) is 0 Å². The molecule has 0 bridgehead atoms. The van der Waals surface area contributed by atoms with Crippen LogP contribution in [0.1, 0.15) is 10.5 Å². The molecule has 2 aromatic heterocycles. The predicted molar refractivity (Wildman–Crippen MR) is 42.1 cm³/mol. The number of carbonyl (C=O) groups is 1. The Bertz CT molecular complexity index is 471. The monoisotopic (exact) mass is 176 g/mol. The number of hydrogen-bond acceptors (Lipinski definition) is 5. The van der Waals surface area contributed by atoms with Crippen molar-refractivity contribution >= 4 is 17.1 Å². The van der Waals surface area contributed by atoms with Gasteiger partial charge in [-0.15, -0.1) is 0 Å². The summed E-state index contributed by atoms with van der Waals surface area (Å²) in [7, 11) is 0. The third-order valence-electron chi connectivity index (χ3n) is 1.44. The Morgan fingerprint density at radius 2 is 2.15 bits per heavy atom. The first-order valence-electron chi connectivity index (χ1n) is 3.43. The molecule has 2 aromatic rings. The molecule has 0 aliphatic heterocycles. The van der Waals surface area contributed by atoms with Crippen molar-refractivity contribution in [2.45, 2.75) is 0 Å². The van der Waals surface area contributed by atoms with Gasteiger partial charge in [0.25, 0.3) is 0 Å². The second-order valence-corrected chi connectivity index (χ2v) is 2.29. The fourth-order valence-corrected chi connectivity index (χ4v) is 0.878. The molecule has 0 spiro atoms. The van der Waals surface area contributed by atoms with Crippen LogP contribution in [0, 0.1) is 0 Å². The molecule has 1 N–H and O–H groups in total. The quantitative estimate of drug-likeness (QED) is 0.663. The first kappa shape index (κ1) is 7.53. The maximum atomic E-state index is 10.5. The van der Waals surface area contributed by atoms with Gasteiger partial charge in [-0.3, -0.25) is 0 Å². The fraction of sp³-hybridized carbons (Fsp3) is 0. The van der Waals surface area contributed by atoms with Gasteiger partial charge in [0.15, 0.2) is 11.3 Å². The molecule has 2 rings (SSSR count). The largest absolute Gasteiger partial charge is 0.476 e. The molecule has 0 amide bonds. The maximum Gasteiger partial charge on any atom is 0.356 e. The highest BCUT2D eigenvalue weighted by Gasteiger charge is 2.06. The lowest BCUT2D eigenvalue weighted by Crippen LogP contribution is -2.02. The standard InChI is InChI=1S/C7H4N4O2/c12-7(13)5-2-9-6-4(11-5)1-8-3-10-6/h1-3H,(H,12,13). The fourth-order valence-electron chi connectivity index (χ4n) is 0.878. The van der Waals surface area contributed by atoms with Gasteiger partial charge in [0, 0.05) is 0 Å². The highest BCUT2D eigenvalue weighted by atomic mass is 16.4. The molecular weight excluding hydrogens is 172 g/mol. The van der Waals surface area contributed by atoms with Gasteiger partial charge < -0.3 is 5.11 Å². The molecule has 64 valence electrons. The van der Waals surface area contributed by atoms with Crippen LogP contribution in [0.5, 0.6) is 0 Å². The van der Waals surface area contributed by atoms with Gasteiger partial charge in [-0.05, 0) is 0 Å². The number of aromatic nitrogens is 4. The Morgan fingerprint density at radius 1 is 1.31 bits per heavy atom. The molecule has 6 heteroatoms. The zero-order chi connectivity index (χ0) is 9.26. The van der Waals surface area contributed by atoms with Crippen LogP contribution in [0.4, 0.5) is 0 Å². The molecule has 0 saturated heterocycles. The smallest absolute Gasteiger partial charge is 0.356 e. The van der Waals surface area contributed by atoms with Gasteiger partial charge in [0.2, 0.25) is 0 Å². The summed E-state index contributed by atoms with van der Waals surface area (Å²) in [6.45, 7) is 0. The number of nitrogens with zero attached hydrogens (tertiary/aromatic N) is 4. The minimum absolute atomic E-state index is 0.109. The van der Waals surface area contributed by atoms with E-state index in [9.17, 15) is 4.79 Å². The molecule has 0 fully saturated rings. The Balaban J connectivity index is 2.69. The molecule has 0 aliphatic rings. The normalized spacial score (nSPS) is 10.2. The molecule has 0 unspecified atom stereocenters.